The van der Waals surface area contributed by atoms with Gasteiger partial charge in [-0.05, 0) is 18.8 Å². The van der Waals surface area contributed by atoms with Crippen molar-refractivity contribution in [3.05, 3.63) is 12.2 Å². The average molecular weight is 112 g/mol. The summed E-state index contributed by atoms with van der Waals surface area (Å²) in [5.74, 6) is -0.542. The Kier molecular flexibility index (Phi) is 1.08. The summed E-state index contributed by atoms with van der Waals surface area (Å²) in [4.78, 5) is 10.1. The Bertz CT molecular complexity index is 133. The van der Waals surface area contributed by atoms with Crippen LogP contribution in [0.25, 0.3) is 0 Å². The Morgan fingerprint density at radius 3 is 2.25 bits per heavy atom. The molecule has 0 atom stereocenters. The summed E-state index contributed by atoms with van der Waals surface area (Å²) in [6.07, 6.45) is 2.04. The van der Waals surface area contributed by atoms with Gasteiger partial charge in [-0.3, -0.25) is 0 Å². The molecule has 0 radical (unpaired) electrons. The fraction of sp³-hybridized carbons (Fsp3) is 0.500. The van der Waals surface area contributed by atoms with Gasteiger partial charge in [0.15, 0.2) is 0 Å². The van der Waals surface area contributed by atoms with E-state index in [1.807, 2.05) is 0 Å². The van der Waals surface area contributed by atoms with Gasteiger partial charge in [0.25, 0.3) is 0 Å². The molecule has 2 nitrogen and oxygen atoms in total. The molecule has 0 spiro atoms. The van der Waals surface area contributed by atoms with Gasteiger partial charge in [0.05, 0.1) is 0 Å². The second kappa shape index (κ2) is 1.62. The van der Waals surface area contributed by atoms with Crippen molar-refractivity contribution in [3.8, 4) is 0 Å². The standard InChI is InChI=1S/C6H8O2/c1-4(6(7)8)5-2-3-5/h5H,1-3H2,(H,7,8). The second-order valence-corrected chi connectivity index (χ2v) is 2.10. The third kappa shape index (κ3) is 0.886. The molecule has 44 valence electrons. The molecule has 0 aromatic heterocycles. The Hall–Kier alpha value is -0.790. The molecule has 1 aliphatic rings. The summed E-state index contributed by atoms with van der Waals surface area (Å²) in [6.45, 7) is 3.42. The van der Waals surface area contributed by atoms with Gasteiger partial charge < -0.3 is 5.11 Å². The van der Waals surface area contributed by atoms with Gasteiger partial charge in [-0.25, -0.2) is 4.79 Å². The van der Waals surface area contributed by atoms with E-state index in [1.165, 1.54) is 0 Å². The highest BCUT2D eigenvalue weighted by atomic mass is 16.4. The van der Waals surface area contributed by atoms with Gasteiger partial charge in [-0.15, -0.1) is 0 Å². The van der Waals surface area contributed by atoms with Crippen molar-refractivity contribution >= 4 is 5.97 Å². The quantitative estimate of drug-likeness (QED) is 0.542. The predicted octanol–water partition coefficient (Wildman–Crippen LogP) is 1.04. The largest absolute Gasteiger partial charge is 0.478 e. The molecular weight excluding hydrogens is 104 g/mol. The first-order valence-electron chi connectivity index (χ1n) is 2.64. The van der Waals surface area contributed by atoms with Crippen LogP contribution in [0.4, 0.5) is 0 Å². The monoisotopic (exact) mass is 112 g/mol. The third-order valence-corrected chi connectivity index (χ3v) is 1.34. The SMILES string of the molecule is C=C(C(=O)O)C1CC1. The molecule has 2 heteroatoms. The highest BCUT2D eigenvalue weighted by Crippen LogP contribution is 2.35. The molecule has 0 bridgehead atoms. The van der Waals surface area contributed by atoms with Crippen LogP contribution in [0.2, 0.25) is 0 Å². The first-order valence-corrected chi connectivity index (χ1v) is 2.64. The fourth-order valence-electron chi connectivity index (χ4n) is 0.606. The fourth-order valence-corrected chi connectivity index (χ4v) is 0.606. The van der Waals surface area contributed by atoms with E-state index in [0.29, 0.717) is 11.5 Å². The number of carboxylic acids is 1. The highest BCUT2D eigenvalue weighted by molar-refractivity contribution is 5.86. The van der Waals surface area contributed by atoms with Crippen LogP contribution in [0, 0.1) is 5.92 Å². The maximum atomic E-state index is 10.1. The number of aliphatic carboxylic acids is 1. The molecule has 1 rings (SSSR count). The van der Waals surface area contributed by atoms with Gasteiger partial charge >= 0.3 is 5.97 Å². The van der Waals surface area contributed by atoms with E-state index in [0.717, 1.165) is 12.8 Å². The van der Waals surface area contributed by atoms with Crippen molar-refractivity contribution in [2.24, 2.45) is 5.92 Å². The minimum Gasteiger partial charge on any atom is -0.478 e. The number of hydrogen-bond donors (Lipinski definition) is 1. The van der Waals surface area contributed by atoms with Crippen molar-refractivity contribution < 1.29 is 9.90 Å². The smallest absolute Gasteiger partial charge is 0.331 e. The molecule has 0 aromatic rings. The first-order chi connectivity index (χ1) is 3.72. The summed E-state index contributed by atoms with van der Waals surface area (Å²) < 4.78 is 0. The lowest BCUT2D eigenvalue weighted by atomic mass is 10.2. The van der Waals surface area contributed by atoms with E-state index in [1.54, 1.807) is 0 Å². The van der Waals surface area contributed by atoms with Crippen LogP contribution < -0.4 is 0 Å². The van der Waals surface area contributed by atoms with Crippen molar-refractivity contribution in [1.82, 2.24) is 0 Å². The van der Waals surface area contributed by atoms with Crippen molar-refractivity contribution in [2.75, 3.05) is 0 Å². The number of hydrogen-bond acceptors (Lipinski definition) is 1. The molecule has 1 aliphatic carbocycles. The molecule has 1 fully saturated rings. The molecule has 0 amide bonds. The molecule has 1 saturated carbocycles. The van der Waals surface area contributed by atoms with Crippen molar-refractivity contribution in [3.63, 3.8) is 0 Å². The van der Waals surface area contributed by atoms with Crippen molar-refractivity contribution in [2.45, 2.75) is 12.8 Å². The second-order valence-electron chi connectivity index (χ2n) is 2.10. The summed E-state index contributed by atoms with van der Waals surface area (Å²) >= 11 is 0. The molecule has 1 N–H and O–H groups in total. The molecule has 0 saturated heterocycles. The predicted molar refractivity (Wildman–Crippen MR) is 29.5 cm³/mol. The van der Waals surface area contributed by atoms with E-state index >= 15 is 0 Å². The van der Waals surface area contributed by atoms with Crippen LogP contribution in [-0.4, -0.2) is 11.1 Å². The Morgan fingerprint density at radius 1 is 1.62 bits per heavy atom. The minimum absolute atomic E-state index is 0.299. The highest BCUT2D eigenvalue weighted by Gasteiger charge is 2.28. The minimum atomic E-state index is -0.840. The van der Waals surface area contributed by atoms with E-state index in [9.17, 15) is 4.79 Å². The maximum Gasteiger partial charge on any atom is 0.331 e. The Morgan fingerprint density at radius 2 is 2.12 bits per heavy atom. The Balaban J connectivity index is 2.45. The van der Waals surface area contributed by atoms with Crippen LogP contribution in [0.5, 0.6) is 0 Å². The van der Waals surface area contributed by atoms with Crippen LogP contribution in [0.15, 0.2) is 12.2 Å². The number of carbonyl (C=O) groups is 1. The van der Waals surface area contributed by atoms with E-state index in [2.05, 4.69) is 6.58 Å². The van der Waals surface area contributed by atoms with Crippen LogP contribution in [0.1, 0.15) is 12.8 Å². The van der Waals surface area contributed by atoms with E-state index in [-0.39, 0.29) is 0 Å². The normalized spacial score (nSPS) is 18.0. The number of rotatable bonds is 2. The Labute approximate surface area is 47.8 Å². The van der Waals surface area contributed by atoms with Crippen molar-refractivity contribution in [1.29, 1.82) is 0 Å². The summed E-state index contributed by atoms with van der Waals surface area (Å²) in [5.41, 5.74) is 0.380. The molecule has 8 heavy (non-hydrogen) atoms. The van der Waals surface area contributed by atoms with Gasteiger partial charge in [0.2, 0.25) is 0 Å². The lowest BCUT2D eigenvalue weighted by molar-refractivity contribution is -0.132. The lowest BCUT2D eigenvalue weighted by Crippen LogP contribution is -1.99. The van der Waals surface area contributed by atoms with E-state index < -0.39 is 5.97 Å². The first kappa shape index (κ1) is 5.35. The van der Waals surface area contributed by atoms with Gasteiger partial charge in [0.1, 0.15) is 0 Å². The summed E-state index contributed by atoms with van der Waals surface area (Å²) in [7, 11) is 0. The topological polar surface area (TPSA) is 37.3 Å². The summed E-state index contributed by atoms with van der Waals surface area (Å²) in [5, 5.41) is 8.29. The zero-order valence-electron chi connectivity index (χ0n) is 4.55. The van der Waals surface area contributed by atoms with Crippen LogP contribution >= 0.6 is 0 Å². The molecule has 0 heterocycles. The molecular formula is C6H8O2. The molecule has 0 aliphatic heterocycles. The van der Waals surface area contributed by atoms with Gasteiger partial charge in [-0.2, -0.15) is 0 Å². The average Bonchev–Trinajstić information content (AvgIpc) is 2.43. The zero-order chi connectivity index (χ0) is 6.15. The molecule has 0 aromatic carbocycles. The third-order valence-electron chi connectivity index (χ3n) is 1.34. The van der Waals surface area contributed by atoms with E-state index in [4.69, 9.17) is 5.11 Å². The van der Waals surface area contributed by atoms with Crippen LogP contribution in [-0.2, 0) is 4.79 Å². The van der Waals surface area contributed by atoms with Gasteiger partial charge in [0, 0.05) is 5.57 Å². The molecule has 0 unspecified atom stereocenters. The maximum absolute atomic E-state index is 10.1. The van der Waals surface area contributed by atoms with Gasteiger partial charge in [-0.1, -0.05) is 6.58 Å². The van der Waals surface area contributed by atoms with Crippen LogP contribution in [0.3, 0.4) is 0 Å². The zero-order valence-corrected chi connectivity index (χ0v) is 4.55. The lowest BCUT2D eigenvalue weighted by Gasteiger charge is -1.90. The summed E-state index contributed by atoms with van der Waals surface area (Å²) in [6, 6.07) is 0. The number of carboxylic acid groups (broad SMARTS) is 1.